The summed E-state index contributed by atoms with van der Waals surface area (Å²) in [5.74, 6) is 1.77. The highest BCUT2D eigenvalue weighted by atomic mass is 35.5. The first-order valence-corrected chi connectivity index (χ1v) is 14.9. The zero-order valence-electron chi connectivity index (χ0n) is 26.5. The van der Waals surface area contributed by atoms with Crippen LogP contribution >= 0.6 is 11.6 Å². The Morgan fingerprint density at radius 3 is 2.57 bits per heavy atom. The van der Waals surface area contributed by atoms with Crippen molar-refractivity contribution in [1.29, 1.82) is 0 Å². The van der Waals surface area contributed by atoms with Crippen LogP contribution in [0.3, 0.4) is 0 Å². The predicted molar refractivity (Wildman–Crippen MR) is 183 cm³/mol. The Morgan fingerprint density at radius 1 is 1.07 bits per heavy atom. The summed E-state index contributed by atoms with van der Waals surface area (Å²) in [5, 5.41) is 11.5. The monoisotopic (exact) mass is 641 g/mol. The van der Waals surface area contributed by atoms with Crippen molar-refractivity contribution >= 4 is 45.7 Å². The third-order valence-electron chi connectivity index (χ3n) is 7.41. The normalized spacial score (nSPS) is 12.1. The Labute approximate surface area is 272 Å². The maximum Gasteiger partial charge on any atom is 0.259 e. The Balaban J connectivity index is 1.65. The largest absolute Gasteiger partial charge is 0.497 e. The van der Waals surface area contributed by atoms with E-state index in [0.29, 0.717) is 57.4 Å². The molecule has 1 amide bonds. The van der Waals surface area contributed by atoms with E-state index in [-0.39, 0.29) is 16.5 Å². The van der Waals surface area contributed by atoms with Crippen molar-refractivity contribution < 1.29 is 14.3 Å². The smallest absolute Gasteiger partial charge is 0.259 e. The molecule has 46 heavy (non-hydrogen) atoms. The molecule has 2 N–H and O–H groups in total. The number of halogens is 1. The number of hydrogen-bond acceptors (Lipinski definition) is 8. The Kier molecular flexibility index (Phi) is 9.74. The van der Waals surface area contributed by atoms with E-state index in [9.17, 15) is 9.59 Å². The zero-order chi connectivity index (χ0) is 33.0. The van der Waals surface area contributed by atoms with E-state index in [1.54, 1.807) is 39.7 Å². The summed E-state index contributed by atoms with van der Waals surface area (Å²) in [6, 6.07) is 15.8. The number of fused-ring (bicyclic) bond motifs is 1. The molecule has 0 aliphatic rings. The number of carbonyl (C=O) groups is 1. The molecule has 1 unspecified atom stereocenters. The number of nitrogens with one attached hydrogen (secondary N) is 2. The fourth-order valence-electron chi connectivity index (χ4n) is 5.11. The molecule has 5 aromatic rings. The van der Waals surface area contributed by atoms with Gasteiger partial charge in [0.05, 0.1) is 30.8 Å². The minimum Gasteiger partial charge on any atom is -0.497 e. The average molecular weight is 642 g/mol. The first-order valence-electron chi connectivity index (χ1n) is 14.5. The molecule has 0 saturated heterocycles. The minimum atomic E-state index is -0.465. The van der Waals surface area contributed by atoms with Gasteiger partial charge in [-0.2, -0.15) is 5.10 Å². The quantitative estimate of drug-likeness (QED) is 0.172. The topological polar surface area (TPSA) is 116 Å². The summed E-state index contributed by atoms with van der Waals surface area (Å²) in [5.41, 5.74) is 2.59. The SMILES string of the molecule is COc1cc(OC)c(Cl)c(-c2cc3cnc(Nc4ccn(C)n4)cc3n(C(C)c3cccc(NC(=O)/C=C/CN(C)C)c3)c2=O)c1. The van der Waals surface area contributed by atoms with Crippen LogP contribution in [-0.2, 0) is 11.8 Å². The molecule has 0 radical (unpaired) electrons. The molecule has 1 atom stereocenters. The maximum atomic E-state index is 14.5. The van der Waals surface area contributed by atoms with Gasteiger partial charge in [-0.15, -0.1) is 0 Å². The summed E-state index contributed by atoms with van der Waals surface area (Å²) >= 11 is 6.77. The highest BCUT2D eigenvalue weighted by molar-refractivity contribution is 6.35. The van der Waals surface area contributed by atoms with Crippen molar-refractivity contribution in [3.05, 3.63) is 100 Å². The Bertz CT molecular complexity index is 1980. The third-order valence-corrected chi connectivity index (χ3v) is 7.80. The first-order chi connectivity index (χ1) is 22.1. The van der Waals surface area contributed by atoms with Gasteiger partial charge in [-0.1, -0.05) is 29.8 Å². The molecule has 0 aliphatic heterocycles. The van der Waals surface area contributed by atoms with Crippen molar-refractivity contribution in [1.82, 2.24) is 24.2 Å². The minimum absolute atomic E-state index is 0.241. The standard InChI is InChI=1S/C34H36ClN7O4/c1-21(22-9-7-10-24(15-22)37-32(43)11-8-13-40(2)3)42-28-19-31(38-30-12-14-41(4)39-30)36-20-23(28)16-27(34(42)44)26-17-25(45-5)18-29(46-6)33(26)35/h7-12,14-21H,13H2,1-6H3,(H,37,43)(H,36,38,39)/b11-8+. The molecule has 12 heteroatoms. The van der Waals surface area contributed by atoms with Gasteiger partial charge in [0.1, 0.15) is 17.3 Å². The Hall–Kier alpha value is -5.13. The van der Waals surface area contributed by atoms with Gasteiger partial charge in [0.2, 0.25) is 5.91 Å². The third kappa shape index (κ3) is 7.06. The fraction of sp³-hybridized carbons (Fsp3) is 0.235. The molecule has 5 rings (SSSR count). The van der Waals surface area contributed by atoms with Crippen molar-refractivity contribution in [3.8, 4) is 22.6 Å². The fourth-order valence-corrected chi connectivity index (χ4v) is 5.39. The van der Waals surface area contributed by atoms with Gasteiger partial charge in [-0.3, -0.25) is 14.3 Å². The molecule has 2 aromatic carbocycles. The van der Waals surface area contributed by atoms with E-state index in [1.165, 1.54) is 20.3 Å². The number of hydrogen-bond donors (Lipinski definition) is 2. The summed E-state index contributed by atoms with van der Waals surface area (Å²) in [4.78, 5) is 33.7. The van der Waals surface area contributed by atoms with E-state index >= 15 is 0 Å². The van der Waals surface area contributed by atoms with Crippen molar-refractivity contribution in [2.75, 3.05) is 45.5 Å². The van der Waals surface area contributed by atoms with Crippen LogP contribution in [0.2, 0.25) is 5.02 Å². The molecular weight excluding hydrogens is 606 g/mol. The highest BCUT2D eigenvalue weighted by Gasteiger charge is 2.22. The van der Waals surface area contributed by atoms with Gasteiger partial charge in [-0.05, 0) is 50.8 Å². The van der Waals surface area contributed by atoms with E-state index in [4.69, 9.17) is 21.1 Å². The number of benzene rings is 2. The number of ether oxygens (including phenoxy) is 2. The van der Waals surface area contributed by atoms with Gasteiger partial charge in [0, 0.05) is 72.5 Å². The molecular formula is C34H36ClN7O4. The summed E-state index contributed by atoms with van der Waals surface area (Å²) in [6.07, 6.45) is 6.83. The number of pyridine rings is 2. The predicted octanol–water partition coefficient (Wildman–Crippen LogP) is 5.88. The molecule has 3 aromatic heterocycles. The number of methoxy groups -OCH3 is 2. The summed E-state index contributed by atoms with van der Waals surface area (Å²) in [6.45, 7) is 2.58. The number of aryl methyl sites for hydroxylation is 1. The van der Waals surface area contributed by atoms with Crippen LogP contribution < -0.4 is 25.7 Å². The van der Waals surface area contributed by atoms with Crippen molar-refractivity contribution in [2.24, 2.45) is 7.05 Å². The van der Waals surface area contributed by atoms with E-state index in [1.807, 2.05) is 75.6 Å². The number of carbonyl (C=O) groups excluding carboxylic acids is 1. The molecule has 3 heterocycles. The van der Waals surface area contributed by atoms with Crippen LogP contribution in [-0.4, -0.2) is 65.0 Å². The zero-order valence-corrected chi connectivity index (χ0v) is 27.3. The number of amides is 1. The van der Waals surface area contributed by atoms with Gasteiger partial charge < -0.3 is 29.6 Å². The molecule has 0 bridgehead atoms. The summed E-state index contributed by atoms with van der Waals surface area (Å²) < 4.78 is 14.4. The number of anilines is 3. The second-order valence-electron chi connectivity index (χ2n) is 11.0. The summed E-state index contributed by atoms with van der Waals surface area (Å²) in [7, 11) is 8.74. The second-order valence-corrected chi connectivity index (χ2v) is 11.4. The molecule has 11 nitrogen and oxygen atoms in total. The second kappa shape index (κ2) is 13.9. The van der Waals surface area contributed by atoms with Gasteiger partial charge in [-0.25, -0.2) is 4.98 Å². The molecule has 238 valence electrons. The van der Waals surface area contributed by atoms with Crippen LogP contribution in [0.15, 0.2) is 83.9 Å². The van der Waals surface area contributed by atoms with Crippen molar-refractivity contribution in [3.63, 3.8) is 0 Å². The lowest BCUT2D eigenvalue weighted by molar-refractivity contribution is -0.111. The number of aromatic nitrogens is 4. The van der Waals surface area contributed by atoms with Crippen LogP contribution in [0.1, 0.15) is 18.5 Å². The molecule has 0 spiro atoms. The van der Waals surface area contributed by atoms with Gasteiger partial charge in [0.25, 0.3) is 5.56 Å². The average Bonchev–Trinajstić information content (AvgIpc) is 3.44. The van der Waals surface area contributed by atoms with Crippen LogP contribution in [0, 0.1) is 0 Å². The van der Waals surface area contributed by atoms with E-state index < -0.39 is 6.04 Å². The number of rotatable bonds is 11. The van der Waals surface area contributed by atoms with Gasteiger partial charge in [0.15, 0.2) is 5.82 Å². The number of likely N-dealkylation sites (N-methyl/N-ethyl adjacent to an activating group) is 1. The molecule has 0 aliphatic carbocycles. The first kappa shape index (κ1) is 32.3. The maximum absolute atomic E-state index is 14.5. The van der Waals surface area contributed by atoms with Crippen molar-refractivity contribution in [2.45, 2.75) is 13.0 Å². The highest BCUT2D eigenvalue weighted by Crippen LogP contribution is 2.39. The molecule has 0 saturated carbocycles. The molecule has 0 fully saturated rings. The van der Waals surface area contributed by atoms with Crippen LogP contribution in [0.4, 0.5) is 17.3 Å². The van der Waals surface area contributed by atoms with Gasteiger partial charge >= 0.3 is 0 Å². The Morgan fingerprint density at radius 2 is 1.87 bits per heavy atom. The van der Waals surface area contributed by atoms with Crippen LogP contribution in [0.25, 0.3) is 22.0 Å². The van der Waals surface area contributed by atoms with E-state index in [0.717, 1.165) is 5.56 Å². The van der Waals surface area contributed by atoms with E-state index in [2.05, 4.69) is 20.7 Å². The number of nitrogens with zero attached hydrogens (tertiary/aromatic N) is 5. The lowest BCUT2D eigenvalue weighted by Crippen LogP contribution is -2.26. The van der Waals surface area contributed by atoms with Crippen LogP contribution in [0.5, 0.6) is 11.5 Å². The lowest BCUT2D eigenvalue weighted by atomic mass is 10.0. The lowest BCUT2D eigenvalue weighted by Gasteiger charge is -2.22.